The average molecular weight is 302 g/mol. The van der Waals surface area contributed by atoms with E-state index in [-0.39, 0.29) is 11.8 Å². The number of rotatable bonds is 3. The number of fused-ring (bicyclic) bond motifs is 1. The van der Waals surface area contributed by atoms with Crippen molar-refractivity contribution in [3.63, 3.8) is 0 Å². The fraction of sp³-hybridized carbons (Fsp3) is 0.529. The summed E-state index contributed by atoms with van der Waals surface area (Å²) in [5.74, 6) is -1.14. The average Bonchev–Trinajstić information content (AvgIpc) is 2.54. The minimum absolute atomic E-state index is 0.147. The zero-order valence-electron chi connectivity index (χ0n) is 12.7. The van der Waals surface area contributed by atoms with Crippen LogP contribution in [0.25, 0.3) is 0 Å². The van der Waals surface area contributed by atoms with Crippen molar-refractivity contribution in [3.05, 3.63) is 29.8 Å². The van der Waals surface area contributed by atoms with Gasteiger partial charge in [0.05, 0.1) is 13.1 Å². The Morgan fingerprint density at radius 3 is 2.68 bits per heavy atom. The number of carboxylic acids is 1. The van der Waals surface area contributed by atoms with Crippen molar-refractivity contribution >= 4 is 17.6 Å². The van der Waals surface area contributed by atoms with Crippen LogP contribution in [0.1, 0.15) is 24.8 Å². The molecule has 118 valence electrons. The first-order chi connectivity index (χ1) is 10.6. The third-order valence-electron chi connectivity index (χ3n) is 4.84. The van der Waals surface area contributed by atoms with E-state index in [2.05, 4.69) is 6.07 Å². The number of aryl methyl sites for hydroxylation is 1. The van der Waals surface area contributed by atoms with Crippen LogP contribution in [0.4, 0.5) is 5.69 Å². The number of amides is 1. The highest BCUT2D eigenvalue weighted by molar-refractivity contribution is 5.95. The maximum atomic E-state index is 12.6. The van der Waals surface area contributed by atoms with Crippen LogP contribution in [0.5, 0.6) is 0 Å². The lowest BCUT2D eigenvalue weighted by atomic mass is 9.97. The van der Waals surface area contributed by atoms with Crippen molar-refractivity contribution < 1.29 is 19.6 Å². The molecule has 0 aromatic heterocycles. The van der Waals surface area contributed by atoms with Crippen LogP contribution in [0.3, 0.4) is 0 Å². The molecule has 0 aliphatic carbocycles. The van der Waals surface area contributed by atoms with Crippen LogP contribution >= 0.6 is 0 Å². The normalized spacial score (nSPS) is 24.6. The minimum atomic E-state index is -0.949. The SMILES string of the molecule is O=C([O-])C1CC[NH+](CC(=O)N2CCCc3ccccc32)CC1. The summed E-state index contributed by atoms with van der Waals surface area (Å²) in [4.78, 5) is 26.6. The van der Waals surface area contributed by atoms with Gasteiger partial charge in [0, 0.05) is 37.0 Å². The van der Waals surface area contributed by atoms with Crippen molar-refractivity contribution in [2.24, 2.45) is 5.92 Å². The molecule has 2 aliphatic heterocycles. The summed E-state index contributed by atoms with van der Waals surface area (Å²) in [5, 5.41) is 10.9. The molecule has 5 heteroatoms. The summed E-state index contributed by atoms with van der Waals surface area (Å²) in [7, 11) is 0. The molecule has 5 nitrogen and oxygen atoms in total. The van der Waals surface area contributed by atoms with Crippen LogP contribution in [0.15, 0.2) is 24.3 Å². The smallest absolute Gasteiger partial charge is 0.282 e. The number of aliphatic carboxylic acids is 1. The maximum absolute atomic E-state index is 12.6. The number of quaternary nitrogens is 1. The zero-order valence-corrected chi connectivity index (χ0v) is 12.7. The summed E-state index contributed by atoms with van der Waals surface area (Å²) in [6.07, 6.45) is 3.26. The van der Waals surface area contributed by atoms with Crippen molar-refractivity contribution in [2.45, 2.75) is 25.7 Å². The molecule has 1 saturated heterocycles. The molecule has 1 aromatic rings. The Bertz CT molecular complexity index is 565. The van der Waals surface area contributed by atoms with Gasteiger partial charge in [0.15, 0.2) is 6.54 Å². The maximum Gasteiger partial charge on any atom is 0.282 e. The number of carboxylic acid groups (broad SMARTS) is 1. The van der Waals surface area contributed by atoms with Crippen LogP contribution in [0.2, 0.25) is 0 Å². The second-order valence-electron chi connectivity index (χ2n) is 6.30. The summed E-state index contributed by atoms with van der Waals surface area (Å²) >= 11 is 0. The molecule has 2 heterocycles. The number of carbonyl (C=O) groups excluding carboxylic acids is 2. The molecule has 1 amide bonds. The number of hydrogen-bond donors (Lipinski definition) is 1. The third-order valence-corrected chi connectivity index (χ3v) is 4.84. The Labute approximate surface area is 130 Å². The molecule has 1 N–H and O–H groups in total. The monoisotopic (exact) mass is 302 g/mol. The Hall–Kier alpha value is -1.88. The van der Waals surface area contributed by atoms with Crippen LogP contribution < -0.4 is 14.9 Å². The molecule has 2 aliphatic rings. The standard InChI is InChI=1S/C17H22N2O3/c20-16(12-18-10-7-14(8-11-18)17(21)22)19-9-3-5-13-4-1-2-6-15(13)19/h1-2,4,6,14H,3,5,7-12H2,(H,21,22). The van der Waals surface area contributed by atoms with E-state index in [1.165, 1.54) is 10.5 Å². The molecule has 1 fully saturated rings. The largest absolute Gasteiger partial charge is 0.550 e. The van der Waals surface area contributed by atoms with Gasteiger partial charge in [0.1, 0.15) is 0 Å². The number of nitrogens with zero attached hydrogens (tertiary/aromatic N) is 1. The van der Waals surface area contributed by atoms with E-state index in [9.17, 15) is 14.7 Å². The van der Waals surface area contributed by atoms with E-state index in [1.807, 2.05) is 23.1 Å². The van der Waals surface area contributed by atoms with Crippen LogP contribution in [0, 0.1) is 5.92 Å². The van der Waals surface area contributed by atoms with Gasteiger partial charge in [0.25, 0.3) is 5.91 Å². The highest BCUT2D eigenvalue weighted by Crippen LogP contribution is 2.26. The first kappa shape index (κ1) is 15.0. The van der Waals surface area contributed by atoms with E-state index in [0.29, 0.717) is 19.4 Å². The molecule has 0 bridgehead atoms. The second-order valence-corrected chi connectivity index (χ2v) is 6.30. The highest BCUT2D eigenvalue weighted by atomic mass is 16.4. The number of hydrogen-bond acceptors (Lipinski definition) is 3. The molecular formula is C17H22N2O3. The lowest BCUT2D eigenvalue weighted by Crippen LogP contribution is -3.14. The number of piperidine rings is 1. The number of anilines is 1. The number of nitrogens with one attached hydrogen (secondary N) is 1. The quantitative estimate of drug-likeness (QED) is 0.780. The van der Waals surface area contributed by atoms with Crippen molar-refractivity contribution in [1.82, 2.24) is 0 Å². The van der Waals surface area contributed by atoms with Crippen LogP contribution in [-0.4, -0.2) is 38.1 Å². The molecule has 0 spiro atoms. The molecule has 0 unspecified atom stereocenters. The Morgan fingerprint density at radius 2 is 1.95 bits per heavy atom. The zero-order chi connectivity index (χ0) is 15.5. The molecule has 1 aromatic carbocycles. The number of benzene rings is 1. The van der Waals surface area contributed by atoms with Gasteiger partial charge in [0.2, 0.25) is 0 Å². The summed E-state index contributed by atoms with van der Waals surface area (Å²) in [5.41, 5.74) is 2.29. The van der Waals surface area contributed by atoms with E-state index in [1.54, 1.807) is 0 Å². The van der Waals surface area contributed by atoms with Crippen LogP contribution in [-0.2, 0) is 16.0 Å². The first-order valence-electron chi connectivity index (χ1n) is 8.08. The molecular weight excluding hydrogens is 280 g/mol. The first-order valence-corrected chi connectivity index (χ1v) is 8.08. The predicted octanol–water partition coefficient (Wildman–Crippen LogP) is -0.989. The Kier molecular flexibility index (Phi) is 4.43. The summed E-state index contributed by atoms with van der Waals surface area (Å²) in [6.45, 7) is 2.71. The van der Waals surface area contributed by atoms with Crippen molar-refractivity contribution in [2.75, 3.05) is 31.1 Å². The van der Waals surface area contributed by atoms with Gasteiger partial charge < -0.3 is 19.7 Å². The summed E-state index contributed by atoms with van der Waals surface area (Å²) in [6, 6.07) is 8.10. The fourth-order valence-electron chi connectivity index (χ4n) is 3.54. The van der Waals surface area contributed by atoms with Crippen molar-refractivity contribution in [3.8, 4) is 0 Å². The van der Waals surface area contributed by atoms with E-state index in [4.69, 9.17) is 0 Å². The lowest BCUT2D eigenvalue weighted by molar-refractivity contribution is -0.897. The Balaban J connectivity index is 1.61. The number of carbonyl (C=O) groups is 2. The predicted molar refractivity (Wildman–Crippen MR) is 80.4 cm³/mol. The van der Waals surface area contributed by atoms with Gasteiger partial charge >= 0.3 is 0 Å². The van der Waals surface area contributed by atoms with Gasteiger partial charge in [-0.3, -0.25) is 4.79 Å². The second kappa shape index (κ2) is 6.48. The molecule has 0 radical (unpaired) electrons. The topological polar surface area (TPSA) is 64.9 Å². The fourth-order valence-corrected chi connectivity index (χ4v) is 3.54. The number of para-hydroxylation sites is 1. The third kappa shape index (κ3) is 3.14. The highest BCUT2D eigenvalue weighted by Gasteiger charge is 2.28. The van der Waals surface area contributed by atoms with E-state index >= 15 is 0 Å². The molecule has 0 saturated carbocycles. The van der Waals surface area contributed by atoms with E-state index in [0.717, 1.165) is 38.2 Å². The van der Waals surface area contributed by atoms with Gasteiger partial charge in [-0.25, -0.2) is 0 Å². The van der Waals surface area contributed by atoms with Crippen molar-refractivity contribution in [1.29, 1.82) is 0 Å². The molecule has 0 atom stereocenters. The van der Waals surface area contributed by atoms with Gasteiger partial charge in [-0.15, -0.1) is 0 Å². The number of likely N-dealkylation sites (tertiary alicyclic amines) is 1. The van der Waals surface area contributed by atoms with Gasteiger partial charge in [-0.05, 0) is 24.5 Å². The van der Waals surface area contributed by atoms with Gasteiger partial charge in [-0.1, -0.05) is 18.2 Å². The molecule has 22 heavy (non-hydrogen) atoms. The minimum Gasteiger partial charge on any atom is -0.550 e. The lowest BCUT2D eigenvalue weighted by Gasteiger charge is -2.33. The van der Waals surface area contributed by atoms with E-state index < -0.39 is 5.97 Å². The van der Waals surface area contributed by atoms with Gasteiger partial charge in [-0.2, -0.15) is 0 Å². The summed E-state index contributed by atoms with van der Waals surface area (Å²) < 4.78 is 0. The molecule has 3 rings (SSSR count). The Morgan fingerprint density at radius 1 is 1.23 bits per heavy atom.